The van der Waals surface area contributed by atoms with Crippen LogP contribution in [0.5, 0.6) is 0 Å². The molecule has 0 unspecified atom stereocenters. The summed E-state index contributed by atoms with van der Waals surface area (Å²) in [5.74, 6) is 1.76. The lowest BCUT2D eigenvalue weighted by molar-refractivity contribution is 0.235. The molecule has 0 radical (unpaired) electrons. The zero-order chi connectivity index (χ0) is 17.7. The fourth-order valence-electron chi connectivity index (χ4n) is 2.91. The maximum Gasteiger partial charge on any atom is 0.315 e. The predicted molar refractivity (Wildman–Crippen MR) is 89.6 cm³/mol. The zero-order valence-corrected chi connectivity index (χ0v) is 15.0. The summed E-state index contributed by atoms with van der Waals surface area (Å²) >= 11 is 0. The first kappa shape index (κ1) is 18.0. The lowest BCUT2D eigenvalue weighted by atomic mass is 9.99. The number of aryl methyl sites for hydroxylation is 2. The van der Waals surface area contributed by atoms with Crippen LogP contribution in [0.2, 0.25) is 0 Å². The lowest BCUT2D eigenvalue weighted by Crippen LogP contribution is -2.36. The summed E-state index contributed by atoms with van der Waals surface area (Å²) in [5, 5.41) is 13.7. The molecular formula is C17H26N4O3. The molecule has 2 heterocycles. The van der Waals surface area contributed by atoms with Crippen LogP contribution in [0.3, 0.4) is 0 Å². The average Bonchev–Trinajstić information content (AvgIpc) is 3.13. The van der Waals surface area contributed by atoms with Gasteiger partial charge in [0.2, 0.25) is 0 Å². The van der Waals surface area contributed by atoms with Gasteiger partial charge in [-0.1, -0.05) is 24.2 Å². The van der Waals surface area contributed by atoms with Crippen LogP contribution >= 0.6 is 0 Å². The molecule has 1 atom stereocenters. The number of rotatable bonds is 7. The Labute approximate surface area is 142 Å². The van der Waals surface area contributed by atoms with E-state index in [0.29, 0.717) is 24.0 Å². The van der Waals surface area contributed by atoms with Gasteiger partial charge in [-0.15, -0.1) is 0 Å². The fraction of sp³-hybridized carbons (Fsp3) is 0.588. The van der Waals surface area contributed by atoms with Crippen molar-refractivity contribution < 1.29 is 13.8 Å². The van der Waals surface area contributed by atoms with Gasteiger partial charge in [0.15, 0.2) is 5.76 Å². The van der Waals surface area contributed by atoms with E-state index in [9.17, 15) is 4.79 Å². The van der Waals surface area contributed by atoms with Crippen LogP contribution in [0.1, 0.15) is 74.0 Å². The number of nitrogens with one attached hydrogen (secondary N) is 2. The molecule has 132 valence electrons. The average molecular weight is 334 g/mol. The molecule has 0 spiro atoms. The Morgan fingerprint density at radius 2 is 1.92 bits per heavy atom. The highest BCUT2D eigenvalue weighted by atomic mass is 16.5. The topological polar surface area (TPSA) is 93.2 Å². The number of amides is 2. The molecule has 0 saturated heterocycles. The third-order valence-corrected chi connectivity index (χ3v) is 4.27. The van der Waals surface area contributed by atoms with E-state index in [2.05, 4.69) is 34.8 Å². The number of aromatic nitrogens is 2. The molecular weight excluding hydrogens is 308 g/mol. The molecule has 24 heavy (non-hydrogen) atoms. The third-order valence-electron chi connectivity index (χ3n) is 4.27. The fourth-order valence-corrected chi connectivity index (χ4v) is 2.91. The summed E-state index contributed by atoms with van der Waals surface area (Å²) in [5.41, 5.74) is 2.63. The molecule has 0 bridgehead atoms. The van der Waals surface area contributed by atoms with Gasteiger partial charge in [-0.3, -0.25) is 0 Å². The summed E-state index contributed by atoms with van der Waals surface area (Å²) < 4.78 is 10.4. The van der Waals surface area contributed by atoms with Crippen molar-refractivity contribution in [2.75, 3.05) is 0 Å². The minimum absolute atomic E-state index is 0.189. The van der Waals surface area contributed by atoms with Crippen molar-refractivity contribution in [2.45, 2.75) is 66.0 Å². The number of carbonyl (C=O) groups excluding carboxylic acids is 1. The van der Waals surface area contributed by atoms with Gasteiger partial charge in [-0.05, 0) is 33.6 Å². The second-order valence-corrected chi connectivity index (χ2v) is 6.02. The van der Waals surface area contributed by atoms with Gasteiger partial charge in [-0.25, -0.2) is 4.79 Å². The molecule has 2 rings (SSSR count). The molecule has 2 aromatic rings. The van der Waals surface area contributed by atoms with Crippen LogP contribution in [-0.2, 0) is 6.54 Å². The van der Waals surface area contributed by atoms with Gasteiger partial charge in [-0.2, -0.15) is 0 Å². The van der Waals surface area contributed by atoms with E-state index in [0.717, 1.165) is 29.8 Å². The summed E-state index contributed by atoms with van der Waals surface area (Å²) in [7, 11) is 0. The van der Waals surface area contributed by atoms with Gasteiger partial charge in [0.1, 0.15) is 5.76 Å². The van der Waals surface area contributed by atoms with Gasteiger partial charge in [0.25, 0.3) is 0 Å². The standard InChI is InChI=1S/C17H26N4O3/c1-6-13(7-2)15-8-14(24-21-15)9-18-17(22)19-10(3)16-11(4)20-23-12(16)5/h8,10,13H,6-7,9H2,1-5H3,(H2,18,19,22)/t10-/m0/s1. The maximum atomic E-state index is 12.1. The first-order chi connectivity index (χ1) is 11.5. The minimum Gasteiger partial charge on any atom is -0.361 e. The van der Waals surface area contributed by atoms with Crippen molar-refractivity contribution in [2.24, 2.45) is 0 Å². The zero-order valence-electron chi connectivity index (χ0n) is 15.0. The largest absolute Gasteiger partial charge is 0.361 e. The van der Waals surface area contributed by atoms with Crippen LogP contribution in [0.4, 0.5) is 4.79 Å². The molecule has 0 aliphatic rings. The molecule has 0 aliphatic carbocycles. The van der Waals surface area contributed by atoms with E-state index in [1.54, 1.807) is 0 Å². The molecule has 0 saturated carbocycles. The number of carbonyl (C=O) groups is 1. The monoisotopic (exact) mass is 334 g/mol. The second-order valence-electron chi connectivity index (χ2n) is 6.02. The first-order valence-corrected chi connectivity index (χ1v) is 8.38. The number of urea groups is 1. The Bertz CT molecular complexity index is 654. The molecule has 0 aromatic carbocycles. The van der Waals surface area contributed by atoms with Gasteiger partial charge >= 0.3 is 6.03 Å². The molecule has 2 aromatic heterocycles. The van der Waals surface area contributed by atoms with Gasteiger partial charge in [0.05, 0.1) is 24.0 Å². The summed E-state index contributed by atoms with van der Waals surface area (Å²) in [6.45, 7) is 10.1. The van der Waals surface area contributed by atoms with Crippen molar-refractivity contribution in [3.05, 3.63) is 34.5 Å². The normalized spacial score (nSPS) is 12.4. The van der Waals surface area contributed by atoms with Crippen molar-refractivity contribution in [1.82, 2.24) is 20.9 Å². The van der Waals surface area contributed by atoms with Crippen molar-refractivity contribution in [3.8, 4) is 0 Å². The molecule has 7 heteroatoms. The molecule has 0 fully saturated rings. The van der Waals surface area contributed by atoms with Crippen LogP contribution in [0.15, 0.2) is 15.1 Å². The smallest absolute Gasteiger partial charge is 0.315 e. The molecule has 7 nitrogen and oxygen atoms in total. The van der Waals surface area contributed by atoms with E-state index in [-0.39, 0.29) is 12.1 Å². The number of hydrogen-bond donors (Lipinski definition) is 2. The Kier molecular flexibility index (Phi) is 6.00. The van der Waals surface area contributed by atoms with E-state index in [4.69, 9.17) is 9.05 Å². The van der Waals surface area contributed by atoms with Crippen LogP contribution < -0.4 is 10.6 Å². The van der Waals surface area contributed by atoms with Crippen LogP contribution in [0, 0.1) is 13.8 Å². The van der Waals surface area contributed by atoms with E-state index in [1.165, 1.54) is 0 Å². The highest BCUT2D eigenvalue weighted by molar-refractivity contribution is 5.74. The number of nitrogens with zero attached hydrogens (tertiary/aromatic N) is 2. The second kappa shape index (κ2) is 7.99. The Balaban J connectivity index is 1.87. The molecule has 0 aliphatic heterocycles. The van der Waals surface area contributed by atoms with Gasteiger partial charge < -0.3 is 19.7 Å². The summed E-state index contributed by atoms with van der Waals surface area (Å²) in [6, 6.07) is 1.45. The quantitative estimate of drug-likeness (QED) is 0.804. The van der Waals surface area contributed by atoms with Gasteiger partial charge in [0, 0.05) is 17.5 Å². The van der Waals surface area contributed by atoms with E-state index in [1.807, 2.05) is 26.8 Å². The van der Waals surface area contributed by atoms with Crippen molar-refractivity contribution >= 4 is 6.03 Å². The highest BCUT2D eigenvalue weighted by Crippen LogP contribution is 2.22. The summed E-state index contributed by atoms with van der Waals surface area (Å²) in [6.07, 6.45) is 2.04. The Hall–Kier alpha value is -2.31. The van der Waals surface area contributed by atoms with Crippen LogP contribution in [-0.4, -0.2) is 16.3 Å². The first-order valence-electron chi connectivity index (χ1n) is 8.38. The Morgan fingerprint density at radius 3 is 2.50 bits per heavy atom. The van der Waals surface area contributed by atoms with Crippen molar-refractivity contribution in [1.29, 1.82) is 0 Å². The maximum absolute atomic E-state index is 12.1. The van der Waals surface area contributed by atoms with Crippen LogP contribution in [0.25, 0.3) is 0 Å². The molecule has 2 N–H and O–H groups in total. The van der Waals surface area contributed by atoms with Crippen molar-refractivity contribution in [3.63, 3.8) is 0 Å². The SMILES string of the molecule is CCC(CC)c1cc(CNC(=O)N[C@@H](C)c2c(C)noc2C)on1. The predicted octanol–water partition coefficient (Wildman–Crippen LogP) is 3.74. The number of hydrogen-bond acceptors (Lipinski definition) is 5. The van der Waals surface area contributed by atoms with E-state index < -0.39 is 0 Å². The Morgan fingerprint density at radius 1 is 1.21 bits per heavy atom. The third kappa shape index (κ3) is 4.15. The highest BCUT2D eigenvalue weighted by Gasteiger charge is 2.18. The molecule has 2 amide bonds. The lowest BCUT2D eigenvalue weighted by Gasteiger charge is -2.14. The minimum atomic E-state index is -0.275. The van der Waals surface area contributed by atoms with E-state index >= 15 is 0 Å². The summed E-state index contributed by atoms with van der Waals surface area (Å²) in [4.78, 5) is 12.1.